The average molecular weight is 320 g/mol. The maximum absolute atomic E-state index is 12.6. The zero-order valence-corrected chi connectivity index (χ0v) is 13.1. The molecule has 1 aliphatic rings. The Hall–Kier alpha value is -2.08. The lowest BCUT2D eigenvalue weighted by Gasteiger charge is -2.25. The first kappa shape index (κ1) is 14.8. The molecule has 3 rings (SSSR count). The number of nitrogens with one attached hydrogen (secondary N) is 1. The summed E-state index contributed by atoms with van der Waals surface area (Å²) in [6, 6.07) is 4.08. The molecule has 1 atom stereocenters. The highest BCUT2D eigenvalue weighted by Crippen LogP contribution is 2.32. The number of hydrogen-bond acceptors (Lipinski definition) is 4. The highest BCUT2D eigenvalue weighted by molar-refractivity contribution is 6.30. The topological polar surface area (TPSA) is 63.1 Å². The van der Waals surface area contributed by atoms with Crippen molar-refractivity contribution in [1.82, 2.24) is 19.7 Å². The van der Waals surface area contributed by atoms with Crippen LogP contribution in [0, 0.1) is 0 Å². The summed E-state index contributed by atoms with van der Waals surface area (Å²) in [5.41, 5.74) is 1.11. The lowest BCUT2D eigenvalue weighted by atomic mass is 10.1. The molecule has 2 aromatic heterocycles. The predicted molar refractivity (Wildman–Crippen MR) is 84.7 cm³/mol. The number of amides is 1. The number of halogens is 1. The third-order valence-corrected chi connectivity index (χ3v) is 4.09. The minimum Gasteiger partial charge on any atom is -0.373 e. The van der Waals surface area contributed by atoms with Crippen molar-refractivity contribution in [1.29, 1.82) is 0 Å². The Morgan fingerprint density at radius 1 is 1.55 bits per heavy atom. The standard InChI is InChI=1S/C15H18ClN5O/c1-17-14-7-11(4-5-18-14)13-3-2-6-21(13)15(22)10-20-9-12(16)8-19-20/h4-5,7-9,13H,2-3,6,10H2,1H3,(H,17,18)/t13-/m1/s1. The molecular weight excluding hydrogens is 302 g/mol. The van der Waals surface area contributed by atoms with Crippen molar-refractivity contribution in [3.63, 3.8) is 0 Å². The number of hydrogen-bond donors (Lipinski definition) is 1. The van der Waals surface area contributed by atoms with Gasteiger partial charge in [-0.3, -0.25) is 9.48 Å². The van der Waals surface area contributed by atoms with Crippen LogP contribution in [0.2, 0.25) is 5.02 Å². The summed E-state index contributed by atoms with van der Waals surface area (Å²) in [6.45, 7) is 0.989. The van der Waals surface area contributed by atoms with E-state index in [-0.39, 0.29) is 18.5 Å². The lowest BCUT2D eigenvalue weighted by Crippen LogP contribution is -2.33. The zero-order chi connectivity index (χ0) is 15.5. The number of rotatable bonds is 4. The Labute approximate surface area is 134 Å². The first-order chi connectivity index (χ1) is 10.7. The Balaban J connectivity index is 1.75. The Morgan fingerprint density at radius 3 is 3.14 bits per heavy atom. The number of aromatic nitrogens is 3. The number of carbonyl (C=O) groups is 1. The van der Waals surface area contributed by atoms with Crippen molar-refractivity contribution >= 4 is 23.3 Å². The second-order valence-corrected chi connectivity index (χ2v) is 5.76. The van der Waals surface area contributed by atoms with Crippen LogP contribution in [0.3, 0.4) is 0 Å². The van der Waals surface area contributed by atoms with Gasteiger partial charge in [-0.2, -0.15) is 5.10 Å². The first-order valence-electron chi connectivity index (χ1n) is 7.28. The second-order valence-electron chi connectivity index (χ2n) is 5.33. The Bertz CT molecular complexity index is 671. The van der Waals surface area contributed by atoms with Crippen LogP contribution >= 0.6 is 11.6 Å². The quantitative estimate of drug-likeness (QED) is 0.939. The van der Waals surface area contributed by atoms with Crippen LogP contribution in [-0.2, 0) is 11.3 Å². The molecule has 22 heavy (non-hydrogen) atoms. The SMILES string of the molecule is CNc1cc([C@H]2CCCN2C(=O)Cn2cc(Cl)cn2)ccn1. The van der Waals surface area contributed by atoms with Crippen molar-refractivity contribution < 1.29 is 4.79 Å². The van der Waals surface area contributed by atoms with Gasteiger partial charge in [0.15, 0.2) is 0 Å². The van der Waals surface area contributed by atoms with E-state index in [1.165, 1.54) is 0 Å². The number of carbonyl (C=O) groups excluding carboxylic acids is 1. The molecule has 1 amide bonds. The van der Waals surface area contributed by atoms with Crippen LogP contribution in [0.15, 0.2) is 30.7 Å². The van der Waals surface area contributed by atoms with E-state index in [1.807, 2.05) is 24.1 Å². The summed E-state index contributed by atoms with van der Waals surface area (Å²) in [4.78, 5) is 18.7. The average Bonchev–Trinajstić information content (AvgIpc) is 3.16. The molecule has 1 saturated heterocycles. The van der Waals surface area contributed by atoms with Gasteiger partial charge in [0.2, 0.25) is 5.91 Å². The lowest BCUT2D eigenvalue weighted by molar-refractivity contribution is -0.133. The molecule has 0 spiro atoms. The summed E-state index contributed by atoms with van der Waals surface area (Å²) >= 11 is 5.84. The Kier molecular flexibility index (Phi) is 4.29. The van der Waals surface area contributed by atoms with E-state index in [0.717, 1.165) is 30.8 Å². The second kappa shape index (κ2) is 6.36. The molecule has 0 aliphatic carbocycles. The molecule has 0 bridgehead atoms. The van der Waals surface area contributed by atoms with Gasteiger partial charge in [0.1, 0.15) is 12.4 Å². The minimum absolute atomic E-state index is 0.0603. The van der Waals surface area contributed by atoms with E-state index in [4.69, 9.17) is 11.6 Å². The van der Waals surface area contributed by atoms with Crippen LogP contribution < -0.4 is 5.32 Å². The molecule has 1 aliphatic heterocycles. The van der Waals surface area contributed by atoms with Crippen LogP contribution in [0.1, 0.15) is 24.4 Å². The molecule has 3 heterocycles. The van der Waals surface area contributed by atoms with Gasteiger partial charge in [0.25, 0.3) is 0 Å². The molecule has 2 aromatic rings. The highest BCUT2D eigenvalue weighted by Gasteiger charge is 2.30. The normalized spacial score (nSPS) is 17.7. The van der Waals surface area contributed by atoms with Crippen molar-refractivity contribution in [2.75, 3.05) is 18.9 Å². The van der Waals surface area contributed by atoms with Crippen LogP contribution in [0.25, 0.3) is 0 Å². The van der Waals surface area contributed by atoms with Crippen molar-refractivity contribution in [2.24, 2.45) is 0 Å². The number of likely N-dealkylation sites (tertiary alicyclic amines) is 1. The highest BCUT2D eigenvalue weighted by atomic mass is 35.5. The minimum atomic E-state index is 0.0603. The van der Waals surface area contributed by atoms with Gasteiger partial charge in [0, 0.05) is 26.0 Å². The molecule has 0 radical (unpaired) electrons. The third-order valence-electron chi connectivity index (χ3n) is 3.90. The summed E-state index contributed by atoms with van der Waals surface area (Å²) in [5, 5.41) is 7.64. The van der Waals surface area contributed by atoms with Gasteiger partial charge in [-0.15, -0.1) is 0 Å². The summed E-state index contributed by atoms with van der Waals surface area (Å²) in [7, 11) is 1.84. The van der Waals surface area contributed by atoms with E-state index in [9.17, 15) is 4.79 Å². The molecule has 0 unspecified atom stereocenters. The van der Waals surface area contributed by atoms with Gasteiger partial charge >= 0.3 is 0 Å². The smallest absolute Gasteiger partial charge is 0.244 e. The Morgan fingerprint density at radius 2 is 2.41 bits per heavy atom. The fraction of sp³-hybridized carbons (Fsp3) is 0.400. The predicted octanol–water partition coefficient (Wildman–Crippen LogP) is 2.34. The number of anilines is 1. The van der Waals surface area contributed by atoms with E-state index < -0.39 is 0 Å². The van der Waals surface area contributed by atoms with Crippen molar-refractivity contribution in [2.45, 2.75) is 25.4 Å². The number of pyridine rings is 1. The van der Waals surface area contributed by atoms with Crippen LogP contribution in [-0.4, -0.2) is 39.2 Å². The fourth-order valence-corrected chi connectivity index (χ4v) is 3.01. The molecule has 7 heteroatoms. The van der Waals surface area contributed by atoms with Crippen LogP contribution in [0.5, 0.6) is 0 Å². The monoisotopic (exact) mass is 319 g/mol. The summed E-state index contributed by atoms with van der Waals surface area (Å²) < 4.78 is 1.58. The van der Waals surface area contributed by atoms with Crippen LogP contribution in [0.4, 0.5) is 5.82 Å². The first-order valence-corrected chi connectivity index (χ1v) is 7.66. The van der Waals surface area contributed by atoms with Gasteiger partial charge < -0.3 is 10.2 Å². The van der Waals surface area contributed by atoms with Gasteiger partial charge in [0.05, 0.1) is 17.3 Å². The summed E-state index contributed by atoms with van der Waals surface area (Å²) in [6.07, 6.45) is 6.95. The van der Waals surface area contributed by atoms with E-state index in [0.29, 0.717) is 5.02 Å². The molecule has 0 saturated carbocycles. The maximum Gasteiger partial charge on any atom is 0.244 e. The van der Waals surface area contributed by atoms with Gasteiger partial charge in [-0.25, -0.2) is 4.98 Å². The molecule has 0 aromatic carbocycles. The molecule has 116 valence electrons. The van der Waals surface area contributed by atoms with E-state index in [1.54, 1.807) is 23.3 Å². The molecular formula is C15H18ClN5O. The molecule has 1 fully saturated rings. The van der Waals surface area contributed by atoms with Gasteiger partial charge in [-0.05, 0) is 30.5 Å². The van der Waals surface area contributed by atoms with E-state index in [2.05, 4.69) is 15.4 Å². The number of nitrogens with zero attached hydrogens (tertiary/aromatic N) is 4. The van der Waals surface area contributed by atoms with Gasteiger partial charge in [-0.1, -0.05) is 11.6 Å². The molecule has 6 nitrogen and oxygen atoms in total. The third kappa shape index (κ3) is 3.06. The molecule has 1 N–H and O–H groups in total. The summed E-state index contributed by atoms with van der Waals surface area (Å²) in [5.74, 6) is 0.876. The van der Waals surface area contributed by atoms with Crippen molar-refractivity contribution in [3.8, 4) is 0 Å². The van der Waals surface area contributed by atoms with Crippen molar-refractivity contribution in [3.05, 3.63) is 41.3 Å². The maximum atomic E-state index is 12.6. The van der Waals surface area contributed by atoms with E-state index >= 15 is 0 Å². The fourth-order valence-electron chi connectivity index (χ4n) is 2.86. The zero-order valence-electron chi connectivity index (χ0n) is 12.4. The largest absolute Gasteiger partial charge is 0.373 e.